The maximum Gasteiger partial charge on any atom is 0.260 e. The van der Waals surface area contributed by atoms with Gasteiger partial charge in [0, 0.05) is 31.3 Å². The van der Waals surface area contributed by atoms with Crippen molar-refractivity contribution in [1.82, 2.24) is 15.3 Å². The SMILES string of the molecule is CNC1CCN(c2nc(-c3ccc(C#N)c(F)c3)c(-c3ccc(CCO)cc3)c(=O)[nH]2)CC1. The highest BCUT2D eigenvalue weighted by Gasteiger charge is 2.23. The number of nitrogens with zero attached hydrogens (tertiary/aromatic N) is 3. The molecule has 0 amide bonds. The molecule has 33 heavy (non-hydrogen) atoms. The van der Waals surface area contributed by atoms with Crippen LogP contribution in [0.25, 0.3) is 22.4 Å². The number of anilines is 1. The quantitative estimate of drug-likeness (QED) is 0.537. The van der Waals surface area contributed by atoms with Gasteiger partial charge in [0.05, 0.1) is 16.8 Å². The van der Waals surface area contributed by atoms with Crippen LogP contribution in [0.3, 0.4) is 0 Å². The zero-order chi connectivity index (χ0) is 23.4. The van der Waals surface area contributed by atoms with Crippen LogP contribution < -0.4 is 15.8 Å². The van der Waals surface area contributed by atoms with Crippen molar-refractivity contribution in [2.24, 2.45) is 0 Å². The van der Waals surface area contributed by atoms with E-state index in [1.807, 2.05) is 30.1 Å². The molecule has 1 saturated heterocycles. The molecule has 0 atom stereocenters. The Morgan fingerprint density at radius 2 is 1.91 bits per heavy atom. The number of halogens is 1. The van der Waals surface area contributed by atoms with E-state index in [4.69, 9.17) is 15.4 Å². The lowest BCUT2D eigenvalue weighted by Gasteiger charge is -2.32. The zero-order valence-corrected chi connectivity index (χ0v) is 18.4. The van der Waals surface area contributed by atoms with Crippen LogP contribution in [0, 0.1) is 17.1 Å². The van der Waals surface area contributed by atoms with Crippen molar-refractivity contribution >= 4 is 5.95 Å². The Morgan fingerprint density at radius 1 is 1.21 bits per heavy atom. The van der Waals surface area contributed by atoms with E-state index in [9.17, 15) is 9.18 Å². The molecule has 0 radical (unpaired) electrons. The topological polar surface area (TPSA) is 105 Å². The van der Waals surface area contributed by atoms with E-state index in [0.29, 0.717) is 40.8 Å². The van der Waals surface area contributed by atoms with E-state index >= 15 is 0 Å². The summed E-state index contributed by atoms with van der Waals surface area (Å²) in [4.78, 5) is 23.0. The summed E-state index contributed by atoms with van der Waals surface area (Å²) < 4.78 is 14.5. The first-order valence-electron chi connectivity index (χ1n) is 11.0. The molecule has 4 rings (SSSR count). The normalized spacial score (nSPS) is 14.3. The number of aromatic amines is 1. The van der Waals surface area contributed by atoms with Crippen LogP contribution in [0.5, 0.6) is 0 Å². The standard InChI is InChI=1S/C25H26FN5O2/c1-28-20-8-11-31(12-9-20)25-29-23(18-6-7-19(15-27)21(26)14-18)22(24(33)30-25)17-4-2-16(3-5-17)10-13-32/h2-7,14,20,28,32H,8-13H2,1H3,(H,29,30,33). The predicted octanol–water partition coefficient (Wildman–Crippen LogP) is 2.84. The molecule has 3 N–H and O–H groups in total. The van der Waals surface area contributed by atoms with Crippen LogP contribution in [0.1, 0.15) is 24.0 Å². The van der Waals surface area contributed by atoms with Crippen molar-refractivity contribution in [2.75, 3.05) is 31.6 Å². The summed E-state index contributed by atoms with van der Waals surface area (Å²) in [5, 5.41) is 21.5. The number of hydrogen-bond acceptors (Lipinski definition) is 6. The largest absolute Gasteiger partial charge is 0.396 e. The van der Waals surface area contributed by atoms with Crippen molar-refractivity contribution in [3.63, 3.8) is 0 Å². The molecule has 1 aliphatic heterocycles. The lowest BCUT2D eigenvalue weighted by Crippen LogP contribution is -2.42. The summed E-state index contributed by atoms with van der Waals surface area (Å²) in [7, 11) is 1.94. The Hall–Kier alpha value is -3.54. The van der Waals surface area contributed by atoms with Crippen LogP contribution in [-0.4, -0.2) is 47.9 Å². The van der Waals surface area contributed by atoms with E-state index < -0.39 is 5.82 Å². The molecule has 7 nitrogen and oxygen atoms in total. The van der Waals surface area contributed by atoms with Crippen molar-refractivity contribution in [1.29, 1.82) is 5.26 Å². The molecule has 3 aromatic rings. The smallest absolute Gasteiger partial charge is 0.260 e. The van der Waals surface area contributed by atoms with Crippen LogP contribution in [0.15, 0.2) is 47.3 Å². The minimum absolute atomic E-state index is 0.0379. The average Bonchev–Trinajstić information content (AvgIpc) is 2.84. The highest BCUT2D eigenvalue weighted by molar-refractivity contribution is 5.81. The molecule has 1 aromatic heterocycles. The number of aliphatic hydroxyl groups excluding tert-OH is 1. The van der Waals surface area contributed by atoms with Gasteiger partial charge < -0.3 is 15.3 Å². The van der Waals surface area contributed by atoms with Gasteiger partial charge in [-0.1, -0.05) is 30.3 Å². The van der Waals surface area contributed by atoms with Gasteiger partial charge in [0.15, 0.2) is 0 Å². The Balaban J connectivity index is 1.82. The molecular weight excluding hydrogens is 421 g/mol. The Morgan fingerprint density at radius 3 is 2.52 bits per heavy atom. The third-order valence-corrected chi connectivity index (χ3v) is 6.12. The second-order valence-corrected chi connectivity index (χ2v) is 8.14. The number of H-pyrrole nitrogens is 1. The van der Waals surface area contributed by atoms with Gasteiger partial charge in [0.2, 0.25) is 5.95 Å². The maximum atomic E-state index is 14.5. The van der Waals surface area contributed by atoms with Gasteiger partial charge in [-0.25, -0.2) is 9.37 Å². The lowest BCUT2D eigenvalue weighted by molar-refractivity contribution is 0.299. The third-order valence-electron chi connectivity index (χ3n) is 6.12. The molecular formula is C25H26FN5O2. The Kier molecular flexibility index (Phi) is 6.82. The first-order chi connectivity index (χ1) is 16.0. The average molecular weight is 448 g/mol. The molecule has 8 heteroatoms. The third kappa shape index (κ3) is 4.80. The summed E-state index contributed by atoms with van der Waals surface area (Å²) in [5.74, 6) is -0.201. The van der Waals surface area contributed by atoms with Gasteiger partial charge >= 0.3 is 0 Å². The number of rotatable bonds is 6. The number of nitrogens with one attached hydrogen (secondary N) is 2. The summed E-state index contributed by atoms with van der Waals surface area (Å²) in [6, 6.07) is 13.8. The van der Waals surface area contributed by atoms with Crippen molar-refractivity contribution in [2.45, 2.75) is 25.3 Å². The molecule has 0 bridgehead atoms. The van der Waals surface area contributed by atoms with Gasteiger partial charge in [-0.2, -0.15) is 5.26 Å². The lowest BCUT2D eigenvalue weighted by atomic mass is 9.98. The summed E-state index contributed by atoms with van der Waals surface area (Å²) in [6.07, 6.45) is 2.37. The second-order valence-electron chi connectivity index (χ2n) is 8.14. The van der Waals surface area contributed by atoms with Crippen molar-refractivity contribution in [3.8, 4) is 28.5 Å². The number of aliphatic hydroxyl groups is 1. The fraction of sp³-hybridized carbons (Fsp3) is 0.320. The van der Waals surface area contributed by atoms with Crippen LogP contribution in [-0.2, 0) is 6.42 Å². The van der Waals surface area contributed by atoms with E-state index in [-0.39, 0.29) is 17.7 Å². The van der Waals surface area contributed by atoms with Crippen LogP contribution >= 0.6 is 0 Å². The van der Waals surface area contributed by atoms with Gasteiger partial charge in [-0.15, -0.1) is 0 Å². The minimum atomic E-state index is -0.655. The van der Waals surface area contributed by atoms with Crippen molar-refractivity contribution in [3.05, 3.63) is 69.8 Å². The monoisotopic (exact) mass is 447 g/mol. The van der Waals surface area contributed by atoms with Gasteiger partial charge in [0.1, 0.15) is 11.9 Å². The molecule has 2 heterocycles. The maximum absolute atomic E-state index is 14.5. The number of piperidine rings is 1. The van der Waals surface area contributed by atoms with Crippen LogP contribution in [0.4, 0.5) is 10.3 Å². The molecule has 0 saturated carbocycles. The molecule has 1 aliphatic rings. The van der Waals surface area contributed by atoms with E-state index in [1.165, 1.54) is 12.1 Å². The number of benzene rings is 2. The molecule has 0 spiro atoms. The minimum Gasteiger partial charge on any atom is -0.396 e. The molecule has 2 aromatic carbocycles. The molecule has 0 unspecified atom stereocenters. The number of nitriles is 1. The van der Waals surface area contributed by atoms with Gasteiger partial charge in [-0.05, 0) is 49.6 Å². The van der Waals surface area contributed by atoms with E-state index in [2.05, 4.69) is 10.3 Å². The summed E-state index contributed by atoms with van der Waals surface area (Å²) >= 11 is 0. The predicted molar refractivity (Wildman–Crippen MR) is 125 cm³/mol. The van der Waals surface area contributed by atoms with Crippen LogP contribution in [0.2, 0.25) is 0 Å². The number of hydrogen-bond donors (Lipinski definition) is 3. The Labute approximate surface area is 191 Å². The van der Waals surface area contributed by atoms with Crippen molar-refractivity contribution < 1.29 is 9.50 Å². The Bertz CT molecular complexity index is 1230. The first kappa shape index (κ1) is 22.6. The zero-order valence-electron chi connectivity index (χ0n) is 18.4. The molecule has 170 valence electrons. The number of aromatic nitrogens is 2. The first-order valence-corrected chi connectivity index (χ1v) is 11.0. The second kappa shape index (κ2) is 9.94. The summed E-state index contributed by atoms with van der Waals surface area (Å²) in [5.41, 5.74) is 2.34. The van der Waals surface area contributed by atoms with E-state index in [0.717, 1.165) is 31.5 Å². The fourth-order valence-corrected chi connectivity index (χ4v) is 4.19. The highest BCUT2D eigenvalue weighted by atomic mass is 19.1. The highest BCUT2D eigenvalue weighted by Crippen LogP contribution is 2.31. The summed E-state index contributed by atoms with van der Waals surface area (Å²) in [6.45, 7) is 1.52. The fourth-order valence-electron chi connectivity index (χ4n) is 4.19. The van der Waals surface area contributed by atoms with Gasteiger partial charge in [-0.3, -0.25) is 9.78 Å². The van der Waals surface area contributed by atoms with E-state index in [1.54, 1.807) is 18.2 Å². The molecule has 0 aliphatic carbocycles. The van der Waals surface area contributed by atoms with Gasteiger partial charge in [0.25, 0.3) is 5.56 Å². The molecule has 1 fully saturated rings.